The van der Waals surface area contributed by atoms with Gasteiger partial charge in [0.2, 0.25) is 5.91 Å². The Kier molecular flexibility index (Phi) is 48.1. The van der Waals surface area contributed by atoms with Gasteiger partial charge in [0.15, 0.2) is 0 Å². The Bertz CT molecular complexity index is 1170. The van der Waals surface area contributed by atoms with Gasteiger partial charge in [0, 0.05) is 12.8 Å². The smallest absolute Gasteiger partial charge is 0.306 e. The van der Waals surface area contributed by atoms with E-state index in [9.17, 15) is 19.8 Å². The molecule has 0 fully saturated rings. The zero-order valence-corrected chi connectivity index (χ0v) is 41.4. The van der Waals surface area contributed by atoms with Crippen LogP contribution in [0.5, 0.6) is 0 Å². The Morgan fingerprint density at radius 2 is 0.889 bits per heavy atom. The molecule has 0 radical (unpaired) electrons. The van der Waals surface area contributed by atoms with Crippen LogP contribution in [0.2, 0.25) is 0 Å². The lowest BCUT2D eigenvalue weighted by atomic mass is 10.0. The number of ether oxygens (including phenoxy) is 1. The molecule has 0 rings (SSSR count). The largest absolute Gasteiger partial charge is 0.461 e. The number of rotatable bonds is 47. The Morgan fingerprint density at radius 3 is 1.35 bits per heavy atom. The molecule has 364 valence electrons. The molecule has 3 N–H and O–H groups in total. The SMILES string of the molecule is CC/C=C\C/C=C\C/C=C\C/C=C\C/C=C\CC(CC(=O)NC(CO)C(O)CCCCCCCCCCCCCCCC)OC(=O)CCCCCCCCC/C=C\CCCCCC. The summed E-state index contributed by atoms with van der Waals surface area (Å²) < 4.78 is 5.87. The summed E-state index contributed by atoms with van der Waals surface area (Å²) in [5, 5.41) is 23.8. The highest BCUT2D eigenvalue weighted by Crippen LogP contribution is 2.16. The second kappa shape index (κ2) is 50.3. The van der Waals surface area contributed by atoms with Crippen LogP contribution in [0.4, 0.5) is 0 Å². The first-order valence-electron chi connectivity index (χ1n) is 26.7. The Labute approximate surface area is 390 Å². The third kappa shape index (κ3) is 45.7. The number of unbranched alkanes of at least 4 members (excludes halogenated alkanes) is 24. The molecule has 6 heteroatoms. The van der Waals surface area contributed by atoms with Gasteiger partial charge in [-0.05, 0) is 70.6 Å². The molecule has 0 aromatic heterocycles. The molecule has 0 bridgehead atoms. The second-order valence-electron chi connectivity index (χ2n) is 17.9. The second-order valence-corrected chi connectivity index (χ2v) is 17.9. The molecule has 0 aromatic rings. The van der Waals surface area contributed by atoms with Gasteiger partial charge in [-0.15, -0.1) is 0 Å². The van der Waals surface area contributed by atoms with Crippen LogP contribution in [-0.2, 0) is 14.3 Å². The standard InChI is InChI=1S/C57H101NO5/c1-4-7-10-13-16-19-22-25-28-30-33-36-39-42-45-48-53(63-57(62)50-47-44-41-38-35-32-29-26-23-20-17-14-11-8-5-2)51-56(61)58-54(52-59)55(60)49-46-43-40-37-34-31-27-24-21-18-15-12-9-6-3/h7,10,16,19-20,23,25,28,33,36,42,45,53-55,59-60H,4-6,8-9,11-15,17-18,21-22,24,26-27,29-32,34-35,37-41,43-44,46-52H2,1-3H3,(H,58,61)/b10-7-,19-16-,23-20-,28-25-,36-33-,45-42-. The molecule has 0 saturated heterocycles. The first-order valence-corrected chi connectivity index (χ1v) is 26.7. The van der Waals surface area contributed by atoms with E-state index in [0.717, 1.165) is 70.6 Å². The van der Waals surface area contributed by atoms with Crippen LogP contribution in [0.1, 0.15) is 252 Å². The molecule has 0 aliphatic rings. The molecular formula is C57H101NO5. The van der Waals surface area contributed by atoms with Crippen LogP contribution in [0, 0.1) is 0 Å². The minimum absolute atomic E-state index is 0.00380. The van der Waals surface area contributed by atoms with Crippen molar-refractivity contribution >= 4 is 11.9 Å². The molecule has 63 heavy (non-hydrogen) atoms. The van der Waals surface area contributed by atoms with Crippen molar-refractivity contribution in [2.75, 3.05) is 6.61 Å². The highest BCUT2D eigenvalue weighted by atomic mass is 16.5. The van der Waals surface area contributed by atoms with Gasteiger partial charge in [-0.25, -0.2) is 0 Å². The minimum Gasteiger partial charge on any atom is -0.461 e. The lowest BCUT2D eigenvalue weighted by Crippen LogP contribution is -2.46. The molecule has 3 unspecified atom stereocenters. The summed E-state index contributed by atoms with van der Waals surface area (Å²) in [6.45, 7) is 6.33. The molecular weight excluding hydrogens is 779 g/mol. The number of aliphatic hydroxyl groups excluding tert-OH is 2. The van der Waals surface area contributed by atoms with Crippen molar-refractivity contribution in [3.05, 3.63) is 72.9 Å². The summed E-state index contributed by atoms with van der Waals surface area (Å²) in [5.74, 6) is -0.583. The summed E-state index contributed by atoms with van der Waals surface area (Å²) in [5.41, 5.74) is 0. The van der Waals surface area contributed by atoms with Crippen LogP contribution >= 0.6 is 0 Å². The maximum atomic E-state index is 13.2. The predicted octanol–water partition coefficient (Wildman–Crippen LogP) is 16.2. The fraction of sp³-hybridized carbons (Fsp3) is 0.754. The predicted molar refractivity (Wildman–Crippen MR) is 273 cm³/mol. The summed E-state index contributed by atoms with van der Waals surface area (Å²) in [7, 11) is 0. The van der Waals surface area contributed by atoms with E-state index in [1.165, 1.54) is 135 Å². The van der Waals surface area contributed by atoms with E-state index >= 15 is 0 Å². The number of hydrogen-bond acceptors (Lipinski definition) is 5. The summed E-state index contributed by atoms with van der Waals surface area (Å²) in [4.78, 5) is 26.1. The maximum absolute atomic E-state index is 13.2. The average molecular weight is 880 g/mol. The molecule has 0 saturated carbocycles. The number of nitrogens with one attached hydrogen (secondary N) is 1. The van der Waals surface area contributed by atoms with Crippen LogP contribution in [0.25, 0.3) is 0 Å². The first-order chi connectivity index (χ1) is 31.0. The molecule has 0 aliphatic carbocycles. The van der Waals surface area contributed by atoms with E-state index in [4.69, 9.17) is 4.74 Å². The van der Waals surface area contributed by atoms with E-state index in [-0.39, 0.29) is 24.9 Å². The Balaban J connectivity index is 4.70. The van der Waals surface area contributed by atoms with Crippen LogP contribution in [-0.4, -0.2) is 46.9 Å². The number of allylic oxidation sites excluding steroid dienone is 11. The number of aliphatic hydroxyl groups is 2. The highest BCUT2D eigenvalue weighted by Gasteiger charge is 2.23. The van der Waals surface area contributed by atoms with Crippen molar-refractivity contribution in [1.29, 1.82) is 0 Å². The fourth-order valence-corrected chi connectivity index (χ4v) is 7.74. The van der Waals surface area contributed by atoms with Gasteiger partial charge in [0.1, 0.15) is 6.10 Å². The highest BCUT2D eigenvalue weighted by molar-refractivity contribution is 5.77. The average Bonchev–Trinajstić information content (AvgIpc) is 3.28. The topological polar surface area (TPSA) is 95.9 Å². The van der Waals surface area contributed by atoms with Crippen LogP contribution in [0.3, 0.4) is 0 Å². The number of hydrogen-bond donors (Lipinski definition) is 3. The van der Waals surface area contributed by atoms with Gasteiger partial charge in [0.05, 0.1) is 25.2 Å². The third-order valence-corrected chi connectivity index (χ3v) is 11.8. The van der Waals surface area contributed by atoms with Crippen molar-refractivity contribution in [2.24, 2.45) is 0 Å². The van der Waals surface area contributed by atoms with Crippen molar-refractivity contribution in [2.45, 2.75) is 270 Å². The maximum Gasteiger partial charge on any atom is 0.306 e. The lowest BCUT2D eigenvalue weighted by molar-refractivity contribution is -0.150. The minimum atomic E-state index is -0.815. The van der Waals surface area contributed by atoms with E-state index in [1.54, 1.807) is 0 Å². The monoisotopic (exact) mass is 880 g/mol. The molecule has 0 aromatic carbocycles. The molecule has 0 heterocycles. The fourth-order valence-electron chi connectivity index (χ4n) is 7.74. The summed E-state index contributed by atoms with van der Waals surface area (Å²) in [6.07, 6.45) is 64.0. The van der Waals surface area contributed by atoms with Crippen molar-refractivity contribution in [3.63, 3.8) is 0 Å². The molecule has 0 aliphatic heterocycles. The van der Waals surface area contributed by atoms with Gasteiger partial charge in [0.25, 0.3) is 0 Å². The van der Waals surface area contributed by atoms with Crippen molar-refractivity contribution < 1.29 is 24.5 Å². The van der Waals surface area contributed by atoms with E-state index in [2.05, 4.69) is 86.8 Å². The summed E-state index contributed by atoms with van der Waals surface area (Å²) >= 11 is 0. The van der Waals surface area contributed by atoms with Crippen molar-refractivity contribution in [1.82, 2.24) is 5.32 Å². The van der Waals surface area contributed by atoms with E-state index < -0.39 is 18.2 Å². The number of amides is 1. The zero-order valence-electron chi connectivity index (χ0n) is 41.4. The van der Waals surface area contributed by atoms with Gasteiger partial charge in [-0.3, -0.25) is 9.59 Å². The number of carbonyl (C=O) groups excluding carboxylic acids is 2. The first kappa shape index (κ1) is 60.3. The van der Waals surface area contributed by atoms with E-state index in [1.807, 2.05) is 12.2 Å². The van der Waals surface area contributed by atoms with Gasteiger partial charge < -0.3 is 20.3 Å². The van der Waals surface area contributed by atoms with Gasteiger partial charge in [-0.2, -0.15) is 0 Å². The lowest BCUT2D eigenvalue weighted by Gasteiger charge is -2.24. The number of carbonyl (C=O) groups is 2. The third-order valence-electron chi connectivity index (χ3n) is 11.8. The van der Waals surface area contributed by atoms with Crippen LogP contribution in [0.15, 0.2) is 72.9 Å². The van der Waals surface area contributed by atoms with Crippen LogP contribution < -0.4 is 5.32 Å². The van der Waals surface area contributed by atoms with Gasteiger partial charge in [-0.1, -0.05) is 235 Å². The van der Waals surface area contributed by atoms with Gasteiger partial charge >= 0.3 is 5.97 Å². The number of esters is 1. The molecule has 0 spiro atoms. The zero-order chi connectivity index (χ0) is 45.9. The molecule has 1 amide bonds. The Morgan fingerprint density at radius 1 is 0.492 bits per heavy atom. The Hall–Kier alpha value is -2.70. The quantitative estimate of drug-likeness (QED) is 0.0321. The summed E-state index contributed by atoms with van der Waals surface area (Å²) in [6, 6.07) is -0.735. The molecule has 6 nitrogen and oxygen atoms in total. The van der Waals surface area contributed by atoms with E-state index in [0.29, 0.717) is 19.3 Å². The normalized spacial score (nSPS) is 13.8. The van der Waals surface area contributed by atoms with Crippen molar-refractivity contribution in [3.8, 4) is 0 Å². The molecule has 3 atom stereocenters.